The molecule has 0 aliphatic carbocycles. The third-order valence-corrected chi connectivity index (χ3v) is 5.97. The first kappa shape index (κ1) is 20.1. The third-order valence-electron chi connectivity index (χ3n) is 4.84. The Bertz CT molecular complexity index is 1030. The first-order valence-electron chi connectivity index (χ1n) is 9.40. The van der Waals surface area contributed by atoms with Crippen LogP contribution in [-0.2, 0) is 17.8 Å². The number of fused-ring (bicyclic) bond motifs is 6. The van der Waals surface area contributed by atoms with E-state index >= 15 is 0 Å². The van der Waals surface area contributed by atoms with E-state index < -0.39 is 0 Å². The Kier molecular flexibility index (Phi) is 6.28. The minimum Gasteiger partial charge on any atom is -0.494 e. The highest BCUT2D eigenvalue weighted by Gasteiger charge is 2.14. The number of hydrogen-bond acceptors (Lipinski definition) is 4. The molecule has 0 amide bonds. The van der Waals surface area contributed by atoms with Crippen LogP contribution in [-0.4, -0.2) is 13.7 Å². The lowest BCUT2D eigenvalue weighted by atomic mass is 9.96. The molecule has 0 saturated carbocycles. The fraction of sp³-hybridized carbons (Fsp3) is 0.217. The van der Waals surface area contributed by atoms with Crippen LogP contribution in [0.15, 0.2) is 59.5 Å². The Balaban J connectivity index is 1.76. The van der Waals surface area contributed by atoms with Gasteiger partial charge in [0, 0.05) is 6.61 Å². The van der Waals surface area contributed by atoms with Crippen molar-refractivity contribution in [1.82, 2.24) is 0 Å². The summed E-state index contributed by atoms with van der Waals surface area (Å²) in [6, 6.07) is 17.2. The van der Waals surface area contributed by atoms with Gasteiger partial charge in [0.25, 0.3) is 0 Å². The SMILES string of the molecule is COc1c(Cl)cc2cc1SNc1cc(ccc1F)-c1ccccc1CCCOC2. The van der Waals surface area contributed by atoms with Gasteiger partial charge >= 0.3 is 0 Å². The van der Waals surface area contributed by atoms with E-state index in [1.54, 1.807) is 7.11 Å². The highest BCUT2D eigenvalue weighted by Crippen LogP contribution is 2.38. The number of hydrogen-bond donors (Lipinski definition) is 1. The molecule has 4 rings (SSSR count). The number of halogens is 2. The summed E-state index contributed by atoms with van der Waals surface area (Å²) in [6.45, 7) is 1.11. The van der Waals surface area contributed by atoms with Gasteiger partial charge in [-0.1, -0.05) is 41.9 Å². The maximum atomic E-state index is 14.5. The Hall–Kier alpha value is -2.21. The highest BCUT2D eigenvalue weighted by molar-refractivity contribution is 8.00. The molecule has 0 atom stereocenters. The van der Waals surface area contributed by atoms with Gasteiger partial charge in [0.1, 0.15) is 5.82 Å². The number of ether oxygens (including phenoxy) is 2. The Morgan fingerprint density at radius 2 is 2.00 bits per heavy atom. The van der Waals surface area contributed by atoms with Gasteiger partial charge in [0.15, 0.2) is 5.75 Å². The molecule has 3 aromatic rings. The monoisotopic (exact) mass is 429 g/mol. The van der Waals surface area contributed by atoms with Crippen LogP contribution in [0.1, 0.15) is 17.5 Å². The minimum absolute atomic E-state index is 0.312. The van der Waals surface area contributed by atoms with Gasteiger partial charge in [-0.25, -0.2) is 4.39 Å². The van der Waals surface area contributed by atoms with Crippen molar-refractivity contribution >= 4 is 29.2 Å². The van der Waals surface area contributed by atoms with Gasteiger partial charge in [0.2, 0.25) is 0 Å². The lowest BCUT2D eigenvalue weighted by molar-refractivity contribution is 0.118. The molecule has 0 spiro atoms. The molecular weight excluding hydrogens is 409 g/mol. The topological polar surface area (TPSA) is 30.5 Å². The van der Waals surface area contributed by atoms with Crippen molar-refractivity contribution in [3.8, 4) is 16.9 Å². The number of benzene rings is 3. The normalized spacial score (nSPS) is 14.2. The maximum absolute atomic E-state index is 14.5. The van der Waals surface area contributed by atoms with Crippen molar-refractivity contribution in [2.24, 2.45) is 0 Å². The summed E-state index contributed by atoms with van der Waals surface area (Å²) in [6.07, 6.45) is 1.79. The van der Waals surface area contributed by atoms with E-state index in [-0.39, 0.29) is 5.82 Å². The van der Waals surface area contributed by atoms with Gasteiger partial charge < -0.3 is 14.2 Å². The van der Waals surface area contributed by atoms with E-state index in [0.29, 0.717) is 29.7 Å². The first-order chi connectivity index (χ1) is 14.2. The molecule has 0 aromatic heterocycles. The molecular formula is C23H21ClFNO2S. The zero-order valence-corrected chi connectivity index (χ0v) is 17.6. The fourth-order valence-electron chi connectivity index (χ4n) is 3.43. The van der Waals surface area contributed by atoms with Crippen molar-refractivity contribution in [3.05, 3.63) is 76.6 Å². The lowest BCUT2D eigenvalue weighted by Crippen LogP contribution is -1.99. The summed E-state index contributed by atoms with van der Waals surface area (Å²) in [5.41, 5.74) is 4.67. The van der Waals surface area contributed by atoms with Crippen LogP contribution in [0.25, 0.3) is 11.1 Å². The molecule has 0 unspecified atom stereocenters. The Labute approximate surface area is 179 Å². The van der Waals surface area contributed by atoms with Gasteiger partial charge in [0.05, 0.1) is 29.3 Å². The quantitative estimate of drug-likeness (QED) is 0.434. The molecule has 4 bridgehead atoms. The van der Waals surface area contributed by atoms with Crippen molar-refractivity contribution in [1.29, 1.82) is 0 Å². The second-order valence-electron chi connectivity index (χ2n) is 6.82. The predicted octanol–water partition coefficient (Wildman–Crippen LogP) is 6.74. The molecule has 1 heterocycles. The average molecular weight is 430 g/mol. The summed E-state index contributed by atoms with van der Waals surface area (Å²) in [7, 11) is 1.57. The molecule has 0 radical (unpaired) electrons. The predicted molar refractivity (Wildman–Crippen MR) is 117 cm³/mol. The summed E-state index contributed by atoms with van der Waals surface area (Å²) < 4.78 is 28.9. The average Bonchev–Trinajstić information content (AvgIpc) is 2.73. The first-order valence-corrected chi connectivity index (χ1v) is 10.6. The number of anilines is 1. The van der Waals surface area contributed by atoms with Crippen LogP contribution in [0.5, 0.6) is 5.75 Å². The van der Waals surface area contributed by atoms with Gasteiger partial charge in [-0.05, 0) is 71.3 Å². The third kappa shape index (κ3) is 4.53. The summed E-state index contributed by atoms with van der Waals surface area (Å²) in [4.78, 5) is 0.777. The van der Waals surface area contributed by atoms with E-state index in [4.69, 9.17) is 21.1 Å². The fourth-order valence-corrected chi connectivity index (χ4v) is 4.68. The second-order valence-corrected chi connectivity index (χ2v) is 8.08. The van der Waals surface area contributed by atoms with Crippen LogP contribution in [0.3, 0.4) is 0 Å². The summed E-state index contributed by atoms with van der Waals surface area (Å²) in [5, 5.41) is 0.504. The number of aryl methyl sites for hydroxylation is 1. The second kappa shape index (κ2) is 9.08. The van der Waals surface area contributed by atoms with Gasteiger partial charge in [-0.2, -0.15) is 0 Å². The molecule has 1 aliphatic heterocycles. The smallest absolute Gasteiger partial charge is 0.152 e. The molecule has 29 heavy (non-hydrogen) atoms. The summed E-state index contributed by atoms with van der Waals surface area (Å²) >= 11 is 7.66. The van der Waals surface area contributed by atoms with Crippen LogP contribution in [0, 0.1) is 5.82 Å². The molecule has 6 heteroatoms. The zero-order valence-electron chi connectivity index (χ0n) is 16.0. The molecule has 0 fully saturated rings. The van der Waals surface area contributed by atoms with Crippen LogP contribution < -0.4 is 9.46 Å². The molecule has 150 valence electrons. The van der Waals surface area contributed by atoms with Gasteiger partial charge in [-0.3, -0.25) is 0 Å². The van der Waals surface area contributed by atoms with Crippen molar-refractivity contribution < 1.29 is 13.9 Å². The lowest BCUT2D eigenvalue weighted by Gasteiger charge is -2.14. The van der Waals surface area contributed by atoms with E-state index in [9.17, 15) is 4.39 Å². The van der Waals surface area contributed by atoms with Crippen molar-refractivity contribution in [3.63, 3.8) is 0 Å². The molecule has 1 aliphatic rings. The standard InChI is InChI=1S/C23H21ClFNO2S/c1-27-23-19(24)11-15-12-22(23)29-26-21-13-17(8-9-20(21)25)18-7-3-2-5-16(18)6-4-10-28-14-15/h2-3,5,7-9,11-13,26H,4,6,10,14H2,1H3. The van der Waals surface area contributed by atoms with Crippen molar-refractivity contribution in [2.45, 2.75) is 24.3 Å². The minimum atomic E-state index is -0.312. The van der Waals surface area contributed by atoms with E-state index in [2.05, 4.69) is 16.9 Å². The van der Waals surface area contributed by atoms with E-state index in [1.165, 1.54) is 23.6 Å². The van der Waals surface area contributed by atoms with E-state index in [0.717, 1.165) is 34.4 Å². The van der Waals surface area contributed by atoms with Crippen molar-refractivity contribution in [2.75, 3.05) is 18.4 Å². The number of methoxy groups -OCH3 is 1. The van der Waals surface area contributed by atoms with Crippen LogP contribution >= 0.6 is 23.5 Å². The Morgan fingerprint density at radius 3 is 2.86 bits per heavy atom. The van der Waals surface area contributed by atoms with Crippen LogP contribution in [0.4, 0.5) is 10.1 Å². The number of nitrogens with one attached hydrogen (secondary N) is 1. The Morgan fingerprint density at radius 1 is 1.14 bits per heavy atom. The van der Waals surface area contributed by atoms with Crippen LogP contribution in [0.2, 0.25) is 5.02 Å². The van der Waals surface area contributed by atoms with E-state index in [1.807, 2.05) is 36.4 Å². The molecule has 1 N–H and O–H groups in total. The van der Waals surface area contributed by atoms with Gasteiger partial charge in [-0.15, -0.1) is 0 Å². The maximum Gasteiger partial charge on any atom is 0.152 e. The molecule has 3 nitrogen and oxygen atoms in total. The highest BCUT2D eigenvalue weighted by atomic mass is 35.5. The largest absolute Gasteiger partial charge is 0.494 e. The zero-order chi connectivity index (χ0) is 20.2. The summed E-state index contributed by atoms with van der Waals surface area (Å²) in [5.74, 6) is 0.242. The molecule has 3 aromatic carbocycles. The molecule has 0 saturated heterocycles. The number of rotatable bonds is 1.